The minimum Gasteiger partial charge on any atom is -0.455 e. The third-order valence-corrected chi connectivity index (χ3v) is 5.15. The van der Waals surface area contributed by atoms with Crippen molar-refractivity contribution in [3.05, 3.63) is 69.9 Å². The molecule has 0 spiro atoms. The fraction of sp³-hybridized carbons (Fsp3) is 0.273. The molecule has 0 bridgehead atoms. The van der Waals surface area contributed by atoms with Gasteiger partial charge in [-0.05, 0) is 37.8 Å². The summed E-state index contributed by atoms with van der Waals surface area (Å²) in [6.45, 7) is 2.16. The normalized spacial score (nSPS) is 14.4. The van der Waals surface area contributed by atoms with Gasteiger partial charge in [0, 0.05) is 23.7 Å². The van der Waals surface area contributed by atoms with Crippen molar-refractivity contribution in [2.24, 2.45) is 11.7 Å². The van der Waals surface area contributed by atoms with E-state index in [4.69, 9.17) is 10.2 Å². The van der Waals surface area contributed by atoms with Crippen LogP contribution in [0.25, 0.3) is 22.3 Å². The highest BCUT2D eigenvalue weighted by Gasteiger charge is 2.28. The number of para-hydroxylation sites is 1. The van der Waals surface area contributed by atoms with Gasteiger partial charge >= 0.3 is 0 Å². The molecule has 1 fully saturated rings. The van der Waals surface area contributed by atoms with Crippen LogP contribution in [-0.2, 0) is 0 Å². The van der Waals surface area contributed by atoms with Crippen LogP contribution in [0, 0.1) is 12.8 Å². The second-order valence-electron chi connectivity index (χ2n) is 7.14. The lowest BCUT2D eigenvalue weighted by molar-refractivity contribution is 0.0951. The first kappa shape index (κ1) is 20.1. The standard InChI is InChI=1S/C22H22N2O3.ClH/c1-13-19(25)16-8-5-9-17(22(26)24-12-18(23)14-10-11-14)21(16)27-20(13)15-6-3-2-4-7-15;/h2-9,14,18H,10-12,23H2,1H3,(H,24,26);1H. The van der Waals surface area contributed by atoms with Crippen LogP contribution >= 0.6 is 12.4 Å². The Hall–Kier alpha value is -2.63. The molecule has 3 N–H and O–H groups in total. The maximum Gasteiger partial charge on any atom is 0.255 e. The molecule has 0 saturated heterocycles. The van der Waals surface area contributed by atoms with Gasteiger partial charge in [-0.1, -0.05) is 36.4 Å². The number of hydrogen-bond donors (Lipinski definition) is 2. The number of hydrogen-bond acceptors (Lipinski definition) is 4. The van der Waals surface area contributed by atoms with Crippen LogP contribution < -0.4 is 16.5 Å². The smallest absolute Gasteiger partial charge is 0.255 e. The Balaban J connectivity index is 0.00000225. The highest BCUT2D eigenvalue weighted by Crippen LogP contribution is 2.31. The fourth-order valence-electron chi connectivity index (χ4n) is 3.35. The lowest BCUT2D eigenvalue weighted by atomic mass is 10.0. The van der Waals surface area contributed by atoms with E-state index < -0.39 is 0 Å². The first-order valence-corrected chi connectivity index (χ1v) is 9.22. The van der Waals surface area contributed by atoms with Crippen molar-refractivity contribution in [1.29, 1.82) is 0 Å². The maximum absolute atomic E-state index is 12.8. The molecule has 0 aliphatic heterocycles. The number of carbonyl (C=O) groups is 1. The van der Waals surface area contributed by atoms with Crippen LogP contribution in [-0.4, -0.2) is 18.5 Å². The summed E-state index contributed by atoms with van der Waals surface area (Å²) < 4.78 is 6.09. The maximum atomic E-state index is 12.8. The Kier molecular flexibility index (Phi) is 5.87. The van der Waals surface area contributed by atoms with Gasteiger partial charge in [0.2, 0.25) is 0 Å². The van der Waals surface area contributed by atoms with Crippen molar-refractivity contribution in [2.45, 2.75) is 25.8 Å². The van der Waals surface area contributed by atoms with Gasteiger partial charge in [-0.25, -0.2) is 0 Å². The van der Waals surface area contributed by atoms with Gasteiger partial charge in [-0.3, -0.25) is 9.59 Å². The molecule has 1 aromatic heterocycles. The minimum absolute atomic E-state index is 0. The summed E-state index contributed by atoms with van der Waals surface area (Å²) in [6.07, 6.45) is 2.25. The van der Waals surface area contributed by atoms with Gasteiger partial charge in [0.05, 0.1) is 10.9 Å². The van der Waals surface area contributed by atoms with Crippen LogP contribution in [0.4, 0.5) is 0 Å². The Morgan fingerprint density at radius 1 is 1.18 bits per heavy atom. The predicted octanol–water partition coefficient (Wildman–Crippen LogP) is 3.66. The van der Waals surface area contributed by atoms with E-state index >= 15 is 0 Å². The van der Waals surface area contributed by atoms with Crippen LogP contribution in [0.1, 0.15) is 28.8 Å². The monoisotopic (exact) mass is 398 g/mol. The zero-order valence-corrected chi connectivity index (χ0v) is 16.4. The van der Waals surface area contributed by atoms with Gasteiger partial charge < -0.3 is 15.5 Å². The van der Waals surface area contributed by atoms with E-state index in [0.717, 1.165) is 18.4 Å². The molecule has 3 aromatic rings. The summed E-state index contributed by atoms with van der Waals surface area (Å²) in [6, 6.07) is 14.5. The summed E-state index contributed by atoms with van der Waals surface area (Å²) in [5, 5.41) is 3.29. The van der Waals surface area contributed by atoms with Gasteiger partial charge in [0.25, 0.3) is 5.91 Å². The summed E-state index contributed by atoms with van der Waals surface area (Å²) in [5.74, 6) is 0.717. The number of benzene rings is 2. The topological polar surface area (TPSA) is 85.3 Å². The van der Waals surface area contributed by atoms with Crippen molar-refractivity contribution in [2.75, 3.05) is 6.54 Å². The predicted molar refractivity (Wildman–Crippen MR) is 113 cm³/mol. The van der Waals surface area contributed by atoms with E-state index in [-0.39, 0.29) is 29.8 Å². The highest BCUT2D eigenvalue weighted by molar-refractivity contribution is 6.05. The molecule has 2 aromatic carbocycles. The third-order valence-electron chi connectivity index (χ3n) is 5.15. The number of rotatable bonds is 5. The average molecular weight is 399 g/mol. The van der Waals surface area contributed by atoms with Crippen LogP contribution in [0.15, 0.2) is 57.7 Å². The van der Waals surface area contributed by atoms with Crippen LogP contribution in [0.2, 0.25) is 0 Å². The molecule has 28 heavy (non-hydrogen) atoms. The molecule has 1 aliphatic carbocycles. The van der Waals surface area contributed by atoms with Crippen molar-refractivity contribution >= 4 is 29.3 Å². The fourth-order valence-corrected chi connectivity index (χ4v) is 3.35. The van der Waals surface area contributed by atoms with Gasteiger partial charge in [-0.15, -0.1) is 12.4 Å². The largest absolute Gasteiger partial charge is 0.455 e. The molecular formula is C22H23ClN2O3. The van der Waals surface area contributed by atoms with E-state index in [2.05, 4.69) is 5.32 Å². The molecule has 1 unspecified atom stereocenters. The first-order chi connectivity index (χ1) is 13.1. The van der Waals surface area contributed by atoms with Crippen molar-refractivity contribution < 1.29 is 9.21 Å². The minimum atomic E-state index is -0.275. The van der Waals surface area contributed by atoms with Crippen molar-refractivity contribution in [3.63, 3.8) is 0 Å². The van der Waals surface area contributed by atoms with Gasteiger partial charge in [-0.2, -0.15) is 0 Å². The summed E-state index contributed by atoms with van der Waals surface area (Å²) in [4.78, 5) is 25.6. The molecule has 1 amide bonds. The van der Waals surface area contributed by atoms with E-state index in [1.807, 2.05) is 30.3 Å². The quantitative estimate of drug-likeness (QED) is 0.686. The summed E-state index contributed by atoms with van der Waals surface area (Å²) in [7, 11) is 0. The molecule has 1 heterocycles. The molecule has 1 atom stereocenters. The summed E-state index contributed by atoms with van der Waals surface area (Å²) in [5.41, 5.74) is 7.94. The van der Waals surface area contributed by atoms with Crippen LogP contribution in [0.5, 0.6) is 0 Å². The number of halogens is 1. The van der Waals surface area contributed by atoms with E-state index in [0.29, 0.717) is 40.3 Å². The molecule has 4 rings (SSSR count). The molecule has 5 nitrogen and oxygen atoms in total. The third kappa shape index (κ3) is 3.81. The Morgan fingerprint density at radius 3 is 2.57 bits per heavy atom. The first-order valence-electron chi connectivity index (χ1n) is 9.22. The van der Waals surface area contributed by atoms with E-state index in [1.165, 1.54) is 0 Å². The van der Waals surface area contributed by atoms with Gasteiger partial charge in [0.15, 0.2) is 11.0 Å². The van der Waals surface area contributed by atoms with E-state index in [9.17, 15) is 9.59 Å². The van der Waals surface area contributed by atoms with Crippen LogP contribution in [0.3, 0.4) is 0 Å². The van der Waals surface area contributed by atoms with Crippen molar-refractivity contribution in [1.82, 2.24) is 5.32 Å². The molecule has 0 radical (unpaired) electrons. The Labute approximate surface area is 169 Å². The number of nitrogens with two attached hydrogens (primary N) is 1. The number of amides is 1. The Bertz CT molecular complexity index is 1060. The summed E-state index contributed by atoms with van der Waals surface area (Å²) >= 11 is 0. The molecule has 6 heteroatoms. The lowest BCUT2D eigenvalue weighted by Crippen LogP contribution is -2.38. The zero-order valence-electron chi connectivity index (χ0n) is 15.6. The molecule has 146 valence electrons. The van der Waals surface area contributed by atoms with Crippen molar-refractivity contribution in [3.8, 4) is 11.3 Å². The molecular weight excluding hydrogens is 376 g/mol. The molecule has 1 saturated carbocycles. The lowest BCUT2D eigenvalue weighted by Gasteiger charge is -2.13. The average Bonchev–Trinajstić information content (AvgIpc) is 3.54. The number of carbonyl (C=O) groups excluding carboxylic acids is 1. The Morgan fingerprint density at radius 2 is 1.89 bits per heavy atom. The number of nitrogens with one attached hydrogen (secondary N) is 1. The van der Waals surface area contributed by atoms with Gasteiger partial charge in [0.1, 0.15) is 5.76 Å². The SMILES string of the molecule is Cc1c(-c2ccccc2)oc2c(C(=O)NCC(N)C3CC3)cccc2c1=O.Cl. The van der Waals surface area contributed by atoms with E-state index in [1.54, 1.807) is 25.1 Å². The second-order valence-corrected chi connectivity index (χ2v) is 7.14. The highest BCUT2D eigenvalue weighted by atomic mass is 35.5. The molecule has 1 aliphatic rings. The number of fused-ring (bicyclic) bond motifs is 1. The zero-order chi connectivity index (χ0) is 19.0. The second kappa shape index (κ2) is 8.17.